The fraction of sp³-hybridized carbons (Fsp3) is 0.118. The van der Waals surface area contributed by atoms with E-state index in [4.69, 9.17) is 9.15 Å². The van der Waals surface area contributed by atoms with E-state index in [2.05, 4.69) is 25.3 Å². The molecule has 0 saturated heterocycles. The lowest BCUT2D eigenvalue weighted by atomic mass is 10.2. The van der Waals surface area contributed by atoms with Gasteiger partial charge >= 0.3 is 5.97 Å². The smallest absolute Gasteiger partial charge is 0.375 e. The van der Waals surface area contributed by atoms with Gasteiger partial charge in [0, 0.05) is 5.39 Å². The maximum absolute atomic E-state index is 12.3. The van der Waals surface area contributed by atoms with Gasteiger partial charge < -0.3 is 19.5 Å². The first-order chi connectivity index (χ1) is 12.6. The van der Waals surface area contributed by atoms with Crippen molar-refractivity contribution in [2.75, 3.05) is 5.32 Å². The summed E-state index contributed by atoms with van der Waals surface area (Å²) in [5.41, 5.74) is 1.47. The molecule has 26 heavy (non-hydrogen) atoms. The number of imidazole rings is 1. The maximum Gasteiger partial charge on any atom is 0.375 e. The van der Waals surface area contributed by atoms with Crippen molar-refractivity contribution < 1.29 is 18.7 Å². The fourth-order valence-corrected chi connectivity index (χ4v) is 2.43. The van der Waals surface area contributed by atoms with Gasteiger partial charge in [-0.15, -0.1) is 0 Å². The van der Waals surface area contributed by atoms with Gasteiger partial charge in [0.15, 0.2) is 17.6 Å². The van der Waals surface area contributed by atoms with E-state index in [1.807, 2.05) is 12.1 Å². The molecule has 4 aromatic rings. The van der Waals surface area contributed by atoms with Crippen molar-refractivity contribution in [3.8, 4) is 0 Å². The van der Waals surface area contributed by atoms with Crippen LogP contribution in [-0.4, -0.2) is 37.9 Å². The minimum atomic E-state index is -1.05. The Balaban J connectivity index is 1.46. The Morgan fingerprint density at radius 2 is 2.08 bits per heavy atom. The second kappa shape index (κ2) is 6.28. The van der Waals surface area contributed by atoms with Gasteiger partial charge in [-0.1, -0.05) is 18.2 Å². The second-order valence-corrected chi connectivity index (χ2v) is 5.51. The third kappa shape index (κ3) is 2.86. The average Bonchev–Trinajstić information content (AvgIpc) is 3.28. The van der Waals surface area contributed by atoms with Gasteiger partial charge in [0.1, 0.15) is 17.4 Å². The minimum absolute atomic E-state index is 0.0313. The highest BCUT2D eigenvalue weighted by Gasteiger charge is 2.22. The van der Waals surface area contributed by atoms with Gasteiger partial charge in [-0.25, -0.2) is 19.7 Å². The summed E-state index contributed by atoms with van der Waals surface area (Å²) in [5, 5.41) is 3.36. The molecule has 0 fully saturated rings. The molecule has 9 heteroatoms. The van der Waals surface area contributed by atoms with Crippen LogP contribution in [0.2, 0.25) is 0 Å². The van der Waals surface area contributed by atoms with E-state index in [0.29, 0.717) is 16.7 Å². The molecule has 9 nitrogen and oxygen atoms in total. The van der Waals surface area contributed by atoms with Crippen LogP contribution in [0.3, 0.4) is 0 Å². The summed E-state index contributed by atoms with van der Waals surface area (Å²) in [6.07, 6.45) is 1.67. The summed E-state index contributed by atoms with van der Waals surface area (Å²) < 4.78 is 10.6. The van der Waals surface area contributed by atoms with Gasteiger partial charge in [0.25, 0.3) is 5.91 Å². The van der Waals surface area contributed by atoms with Crippen LogP contribution < -0.4 is 5.32 Å². The van der Waals surface area contributed by atoms with Crippen molar-refractivity contribution in [2.45, 2.75) is 13.0 Å². The Bertz CT molecular complexity index is 1080. The molecule has 1 aromatic carbocycles. The Morgan fingerprint density at radius 3 is 2.92 bits per heavy atom. The molecular formula is C17H13N5O4. The first kappa shape index (κ1) is 15.8. The van der Waals surface area contributed by atoms with E-state index in [9.17, 15) is 9.59 Å². The van der Waals surface area contributed by atoms with Crippen LogP contribution in [0.4, 0.5) is 5.82 Å². The number of nitrogens with one attached hydrogen (secondary N) is 2. The summed E-state index contributed by atoms with van der Waals surface area (Å²) in [7, 11) is 0. The second-order valence-electron chi connectivity index (χ2n) is 5.51. The Kier molecular flexibility index (Phi) is 3.81. The average molecular weight is 351 g/mol. The lowest BCUT2D eigenvalue weighted by Gasteiger charge is -2.12. The lowest BCUT2D eigenvalue weighted by molar-refractivity contribution is -0.123. The van der Waals surface area contributed by atoms with E-state index >= 15 is 0 Å². The van der Waals surface area contributed by atoms with E-state index in [-0.39, 0.29) is 11.6 Å². The molecule has 3 heterocycles. The normalized spacial score (nSPS) is 12.2. The molecule has 130 valence electrons. The van der Waals surface area contributed by atoms with Gasteiger partial charge in [-0.2, -0.15) is 0 Å². The van der Waals surface area contributed by atoms with Crippen LogP contribution in [0, 0.1) is 0 Å². The predicted molar refractivity (Wildman–Crippen MR) is 91.4 cm³/mol. The van der Waals surface area contributed by atoms with E-state index in [0.717, 1.165) is 5.39 Å². The number of esters is 1. The highest BCUT2D eigenvalue weighted by atomic mass is 16.6. The van der Waals surface area contributed by atoms with Crippen LogP contribution in [0.15, 0.2) is 47.4 Å². The molecule has 0 aliphatic rings. The largest absolute Gasteiger partial charge is 0.449 e. The molecule has 0 spiro atoms. The SMILES string of the molecule is C[C@H](OC(=O)c1cc2ccccc2o1)C(=O)Nc1ncnc2nc[nH]c12. The summed E-state index contributed by atoms with van der Waals surface area (Å²) in [5.74, 6) is -0.977. The summed E-state index contributed by atoms with van der Waals surface area (Å²) >= 11 is 0. The number of carbonyl (C=O) groups excluding carboxylic acids is 2. The first-order valence-corrected chi connectivity index (χ1v) is 7.76. The van der Waals surface area contributed by atoms with Crippen LogP contribution in [0.5, 0.6) is 0 Å². The zero-order valence-electron chi connectivity index (χ0n) is 13.6. The third-order valence-electron chi connectivity index (χ3n) is 3.74. The Hall–Kier alpha value is -3.75. The first-order valence-electron chi connectivity index (χ1n) is 7.76. The quantitative estimate of drug-likeness (QED) is 0.541. The maximum atomic E-state index is 12.3. The van der Waals surface area contributed by atoms with Crippen LogP contribution >= 0.6 is 0 Å². The number of benzene rings is 1. The van der Waals surface area contributed by atoms with E-state index < -0.39 is 18.0 Å². The summed E-state index contributed by atoms with van der Waals surface area (Å²) in [6, 6.07) is 8.76. The van der Waals surface area contributed by atoms with Gasteiger partial charge in [0.05, 0.1) is 6.33 Å². The molecule has 0 unspecified atom stereocenters. The van der Waals surface area contributed by atoms with E-state index in [1.165, 1.54) is 19.6 Å². The molecule has 1 atom stereocenters. The van der Waals surface area contributed by atoms with Gasteiger partial charge in [0.2, 0.25) is 5.76 Å². The molecule has 0 radical (unpaired) electrons. The van der Waals surface area contributed by atoms with Crippen molar-refractivity contribution in [3.63, 3.8) is 0 Å². The highest BCUT2D eigenvalue weighted by molar-refractivity contribution is 6.00. The number of furan rings is 1. The fourth-order valence-electron chi connectivity index (χ4n) is 2.43. The lowest BCUT2D eigenvalue weighted by Crippen LogP contribution is -2.30. The summed E-state index contributed by atoms with van der Waals surface area (Å²) in [6.45, 7) is 1.46. The highest BCUT2D eigenvalue weighted by Crippen LogP contribution is 2.20. The molecule has 3 aromatic heterocycles. The van der Waals surface area contributed by atoms with Crippen LogP contribution in [-0.2, 0) is 9.53 Å². The van der Waals surface area contributed by atoms with Crippen molar-refractivity contribution in [3.05, 3.63) is 48.7 Å². The van der Waals surface area contributed by atoms with Crippen LogP contribution in [0.1, 0.15) is 17.5 Å². The van der Waals surface area contributed by atoms with E-state index in [1.54, 1.807) is 18.2 Å². The molecule has 2 N–H and O–H groups in total. The number of carbonyl (C=O) groups is 2. The number of aromatic nitrogens is 4. The number of nitrogens with zero attached hydrogens (tertiary/aromatic N) is 3. The number of hydrogen-bond acceptors (Lipinski definition) is 7. The Morgan fingerprint density at radius 1 is 1.23 bits per heavy atom. The summed E-state index contributed by atoms with van der Waals surface area (Å²) in [4.78, 5) is 39.3. The number of rotatable bonds is 4. The zero-order valence-corrected chi connectivity index (χ0v) is 13.6. The minimum Gasteiger partial charge on any atom is -0.449 e. The number of aromatic amines is 1. The molecule has 0 aliphatic carbocycles. The van der Waals surface area contributed by atoms with Gasteiger partial charge in [-0.3, -0.25) is 4.79 Å². The molecule has 0 bridgehead atoms. The van der Waals surface area contributed by atoms with Gasteiger partial charge in [-0.05, 0) is 19.1 Å². The number of anilines is 1. The number of hydrogen-bond donors (Lipinski definition) is 2. The van der Waals surface area contributed by atoms with Crippen molar-refractivity contribution in [2.24, 2.45) is 0 Å². The molecular weight excluding hydrogens is 338 g/mol. The van der Waals surface area contributed by atoms with Crippen molar-refractivity contribution >= 4 is 39.8 Å². The number of H-pyrrole nitrogens is 1. The van der Waals surface area contributed by atoms with Crippen molar-refractivity contribution in [1.82, 2.24) is 19.9 Å². The number of fused-ring (bicyclic) bond motifs is 2. The van der Waals surface area contributed by atoms with Crippen molar-refractivity contribution in [1.29, 1.82) is 0 Å². The molecule has 4 rings (SSSR count). The predicted octanol–water partition coefficient (Wildman–Crippen LogP) is 2.28. The number of ether oxygens (including phenoxy) is 1. The molecule has 1 amide bonds. The van der Waals surface area contributed by atoms with Crippen LogP contribution in [0.25, 0.3) is 22.1 Å². The molecule has 0 aliphatic heterocycles. The third-order valence-corrected chi connectivity index (χ3v) is 3.74. The Labute approximate surface area is 146 Å². The molecule has 0 saturated carbocycles. The monoisotopic (exact) mass is 351 g/mol. The standard InChI is InChI=1S/C17H13N5O4/c1-9(16(23)22-15-13-14(19-7-18-13)20-8-21-15)25-17(24)12-6-10-4-2-3-5-11(10)26-12/h2-9H,1H3,(H2,18,19,20,21,22,23)/t9-/m0/s1. The topological polar surface area (TPSA) is 123 Å². The number of amides is 1. The number of para-hydroxylation sites is 1. The zero-order chi connectivity index (χ0) is 18.1.